The van der Waals surface area contributed by atoms with E-state index >= 15 is 0 Å². The molecule has 1 saturated carbocycles. The molecule has 1 amide bonds. The van der Waals surface area contributed by atoms with Crippen molar-refractivity contribution in [3.8, 4) is 11.5 Å². The predicted molar refractivity (Wildman–Crippen MR) is 145 cm³/mol. The summed E-state index contributed by atoms with van der Waals surface area (Å²) in [6.45, 7) is 4.51. The van der Waals surface area contributed by atoms with Crippen molar-refractivity contribution in [2.45, 2.75) is 57.2 Å². The molecule has 9 heteroatoms. The molecule has 0 unspecified atom stereocenters. The molecule has 2 heterocycles. The molecule has 3 aromatic rings. The zero-order chi connectivity index (χ0) is 25.8. The second-order valence-corrected chi connectivity index (χ2v) is 10.2. The van der Waals surface area contributed by atoms with Crippen molar-refractivity contribution in [3.05, 3.63) is 59.9 Å². The van der Waals surface area contributed by atoms with Gasteiger partial charge in [0.05, 0.1) is 6.04 Å². The quantitative estimate of drug-likeness (QED) is 0.260. The van der Waals surface area contributed by atoms with Crippen LogP contribution >= 0.6 is 12.2 Å². The van der Waals surface area contributed by atoms with Gasteiger partial charge in [0.1, 0.15) is 34.8 Å². The van der Waals surface area contributed by atoms with Gasteiger partial charge in [0.15, 0.2) is 5.76 Å². The lowest BCUT2D eigenvalue weighted by Gasteiger charge is -2.32. The van der Waals surface area contributed by atoms with Crippen LogP contribution in [0.1, 0.15) is 55.1 Å². The van der Waals surface area contributed by atoms with Crippen LogP contribution in [0.3, 0.4) is 0 Å². The highest BCUT2D eigenvalue weighted by molar-refractivity contribution is 7.80. The fourth-order valence-corrected chi connectivity index (χ4v) is 4.82. The van der Waals surface area contributed by atoms with Crippen LogP contribution in [0.2, 0.25) is 0 Å². The number of thiocarbonyl (C=S) groups is 1. The van der Waals surface area contributed by atoms with Crippen LogP contribution in [0.4, 0.5) is 0 Å². The van der Waals surface area contributed by atoms with Crippen LogP contribution < -0.4 is 20.3 Å². The minimum atomic E-state index is -0.281. The number of benzene rings is 2. The first kappa shape index (κ1) is 25.5. The Labute approximate surface area is 221 Å². The van der Waals surface area contributed by atoms with Crippen molar-refractivity contribution >= 4 is 34.1 Å². The maximum Gasteiger partial charge on any atom is 0.287 e. The Hall–Kier alpha value is -3.14. The number of hydroxylamine groups is 1. The normalized spacial score (nSPS) is 17.4. The van der Waals surface area contributed by atoms with Gasteiger partial charge in [-0.15, -0.1) is 0 Å². The molecule has 1 saturated heterocycles. The Bertz CT molecular complexity index is 1230. The average molecular weight is 524 g/mol. The molecule has 5 rings (SSSR count). The number of carbonyl (C=O) groups is 1. The molecular formula is C28H33N3O5S. The largest absolute Gasteiger partial charge is 0.491 e. The highest BCUT2D eigenvalue weighted by atomic mass is 32.1. The molecule has 2 aromatic carbocycles. The zero-order valence-electron chi connectivity index (χ0n) is 20.9. The standard InChI is InChI=1S/C28H33N3O5S/c1-2-20(17-34-22-7-3-18(4-8-22)28(37)30-33)29-27(32)26-16-19-15-24(9-10-25(19)36-26)35-23-11-13-31(14-12-23)21-5-6-21/h3-4,7-10,15-16,20-21,23,33H,2,5-6,11-14,17H2,1H3,(H,29,32)(H,30,37)/t20-/m0/s1. The summed E-state index contributed by atoms with van der Waals surface area (Å²) < 4.78 is 17.9. The minimum Gasteiger partial charge on any atom is -0.491 e. The number of nitrogens with one attached hydrogen (secondary N) is 2. The van der Waals surface area contributed by atoms with Gasteiger partial charge in [0.25, 0.3) is 5.91 Å². The zero-order valence-corrected chi connectivity index (χ0v) is 21.8. The van der Waals surface area contributed by atoms with E-state index < -0.39 is 0 Å². The molecule has 2 fully saturated rings. The van der Waals surface area contributed by atoms with E-state index in [1.165, 1.54) is 12.8 Å². The molecule has 0 bridgehead atoms. The van der Waals surface area contributed by atoms with Gasteiger partial charge < -0.3 is 24.1 Å². The van der Waals surface area contributed by atoms with Crippen molar-refractivity contribution in [3.63, 3.8) is 0 Å². The number of furan rings is 1. The van der Waals surface area contributed by atoms with Gasteiger partial charge in [0, 0.05) is 30.1 Å². The summed E-state index contributed by atoms with van der Waals surface area (Å²) in [7, 11) is 0. The van der Waals surface area contributed by atoms with Crippen molar-refractivity contribution in [1.82, 2.24) is 15.7 Å². The van der Waals surface area contributed by atoms with E-state index in [0.717, 1.165) is 43.1 Å². The monoisotopic (exact) mass is 523 g/mol. The third kappa shape index (κ3) is 6.41. The van der Waals surface area contributed by atoms with Crippen molar-refractivity contribution in [2.75, 3.05) is 19.7 Å². The van der Waals surface area contributed by atoms with E-state index in [2.05, 4.69) is 10.2 Å². The van der Waals surface area contributed by atoms with E-state index in [9.17, 15) is 4.79 Å². The molecule has 3 N–H and O–H groups in total. The van der Waals surface area contributed by atoms with E-state index in [1.54, 1.807) is 30.3 Å². The molecule has 8 nitrogen and oxygen atoms in total. The fourth-order valence-electron chi connectivity index (χ4n) is 4.68. The molecule has 1 aromatic heterocycles. The number of likely N-dealkylation sites (tertiary alicyclic amines) is 1. The summed E-state index contributed by atoms with van der Waals surface area (Å²) in [5, 5.41) is 12.8. The molecule has 1 aliphatic carbocycles. The van der Waals surface area contributed by atoms with Crippen LogP contribution in [0, 0.1) is 0 Å². The third-order valence-electron chi connectivity index (χ3n) is 7.05. The third-order valence-corrected chi connectivity index (χ3v) is 7.38. The van der Waals surface area contributed by atoms with Crippen molar-refractivity contribution in [1.29, 1.82) is 0 Å². The van der Waals surface area contributed by atoms with Gasteiger partial charge in [-0.05, 0) is 80.6 Å². The maximum absolute atomic E-state index is 12.9. The van der Waals surface area contributed by atoms with Crippen LogP contribution in [0.25, 0.3) is 11.0 Å². The maximum atomic E-state index is 12.9. The Kier molecular flexibility index (Phi) is 7.93. The number of piperidine rings is 1. The highest BCUT2D eigenvalue weighted by Gasteiger charge is 2.32. The Morgan fingerprint density at radius 2 is 1.84 bits per heavy atom. The van der Waals surface area contributed by atoms with Crippen LogP contribution in [0.15, 0.2) is 52.9 Å². The van der Waals surface area contributed by atoms with Gasteiger partial charge in [-0.1, -0.05) is 19.1 Å². The summed E-state index contributed by atoms with van der Waals surface area (Å²) in [4.78, 5) is 15.7. The number of hydrogen-bond donors (Lipinski definition) is 3. The number of ether oxygens (including phenoxy) is 2. The summed E-state index contributed by atoms with van der Waals surface area (Å²) in [5.41, 5.74) is 3.30. The molecule has 0 radical (unpaired) electrons. The van der Waals surface area contributed by atoms with Gasteiger partial charge in [-0.2, -0.15) is 0 Å². The average Bonchev–Trinajstić information content (AvgIpc) is 3.69. The van der Waals surface area contributed by atoms with Crippen LogP contribution in [-0.4, -0.2) is 58.9 Å². The summed E-state index contributed by atoms with van der Waals surface area (Å²) in [5.74, 6) is 1.44. The van der Waals surface area contributed by atoms with Gasteiger partial charge >= 0.3 is 0 Å². The first-order valence-electron chi connectivity index (χ1n) is 12.9. The topological polar surface area (TPSA) is 96.2 Å². The number of rotatable bonds is 10. The van der Waals surface area contributed by atoms with Crippen molar-refractivity contribution < 1.29 is 23.9 Å². The molecule has 37 heavy (non-hydrogen) atoms. The van der Waals surface area contributed by atoms with Gasteiger partial charge in [-0.3, -0.25) is 15.5 Å². The van der Waals surface area contributed by atoms with Gasteiger partial charge in [-0.25, -0.2) is 0 Å². The van der Waals surface area contributed by atoms with E-state index in [4.69, 9.17) is 31.3 Å². The Morgan fingerprint density at radius 1 is 1.11 bits per heavy atom. The molecule has 0 spiro atoms. The lowest BCUT2D eigenvalue weighted by Crippen LogP contribution is -2.39. The van der Waals surface area contributed by atoms with E-state index in [0.29, 0.717) is 29.9 Å². The SMILES string of the molecule is CC[C@@H](COc1ccc(C(=S)NO)cc1)NC(=O)c1cc2cc(OC3CCN(C4CC4)CC3)ccc2o1. The number of carbonyl (C=O) groups excluding carboxylic acids is 1. The Balaban J connectivity index is 1.14. The van der Waals surface area contributed by atoms with E-state index in [1.807, 2.05) is 30.6 Å². The number of amides is 1. The van der Waals surface area contributed by atoms with E-state index in [-0.39, 0.29) is 28.8 Å². The lowest BCUT2D eigenvalue weighted by atomic mass is 10.1. The smallest absolute Gasteiger partial charge is 0.287 e. The highest BCUT2D eigenvalue weighted by Crippen LogP contribution is 2.31. The van der Waals surface area contributed by atoms with Crippen LogP contribution in [0.5, 0.6) is 11.5 Å². The van der Waals surface area contributed by atoms with Crippen LogP contribution in [-0.2, 0) is 0 Å². The number of hydrogen-bond acceptors (Lipinski definition) is 7. The molecule has 2 aliphatic rings. The molecule has 1 aliphatic heterocycles. The molecule has 1 atom stereocenters. The summed E-state index contributed by atoms with van der Waals surface area (Å²) in [6.07, 6.45) is 5.71. The lowest BCUT2D eigenvalue weighted by molar-refractivity contribution is 0.0894. The van der Waals surface area contributed by atoms with Crippen molar-refractivity contribution in [2.24, 2.45) is 0 Å². The second kappa shape index (κ2) is 11.5. The molecule has 196 valence electrons. The Morgan fingerprint density at radius 3 is 2.51 bits per heavy atom. The predicted octanol–water partition coefficient (Wildman–Crippen LogP) is 4.68. The first-order chi connectivity index (χ1) is 18.0. The fraction of sp³-hybridized carbons (Fsp3) is 0.429. The molecular weight excluding hydrogens is 490 g/mol. The number of nitrogens with zero attached hydrogens (tertiary/aromatic N) is 1. The number of fused-ring (bicyclic) bond motifs is 1. The van der Waals surface area contributed by atoms with Gasteiger partial charge in [0.2, 0.25) is 0 Å². The minimum absolute atomic E-state index is 0.194. The first-order valence-corrected chi connectivity index (χ1v) is 13.4. The summed E-state index contributed by atoms with van der Waals surface area (Å²) in [6, 6.07) is 15.1. The second-order valence-electron chi connectivity index (χ2n) is 9.75. The summed E-state index contributed by atoms with van der Waals surface area (Å²) >= 11 is 5.00.